The van der Waals surface area contributed by atoms with Gasteiger partial charge in [0.05, 0.1) is 6.54 Å². The van der Waals surface area contributed by atoms with E-state index >= 15 is 0 Å². The molecule has 2 amide bonds. The minimum absolute atomic E-state index is 0.0244. The van der Waals surface area contributed by atoms with Crippen LogP contribution >= 0.6 is 0 Å². The van der Waals surface area contributed by atoms with Gasteiger partial charge < -0.3 is 10.2 Å². The van der Waals surface area contributed by atoms with E-state index in [0.29, 0.717) is 12.5 Å². The van der Waals surface area contributed by atoms with Crippen molar-refractivity contribution in [2.45, 2.75) is 57.2 Å². The molecule has 0 bridgehead atoms. The molecule has 5 nitrogen and oxygen atoms in total. The lowest BCUT2D eigenvalue weighted by Crippen LogP contribution is -2.63. The number of piperidine rings is 1. The van der Waals surface area contributed by atoms with Crippen LogP contribution in [0.25, 0.3) is 0 Å². The highest BCUT2D eigenvalue weighted by molar-refractivity contribution is 5.95. The van der Waals surface area contributed by atoms with Crippen molar-refractivity contribution in [1.82, 2.24) is 15.1 Å². The Hall–Kier alpha value is -1.10. The molecule has 3 heterocycles. The molecule has 3 fully saturated rings. The Morgan fingerprint density at radius 3 is 2.79 bits per heavy atom. The Kier molecular flexibility index (Phi) is 3.48. The summed E-state index contributed by atoms with van der Waals surface area (Å²) in [5.74, 6) is 0.125. The fourth-order valence-corrected chi connectivity index (χ4v) is 4.02. The number of nitrogens with one attached hydrogen (secondary N) is 1. The monoisotopic (exact) mass is 265 g/mol. The molecule has 0 saturated carbocycles. The zero-order valence-corrected chi connectivity index (χ0v) is 11.6. The van der Waals surface area contributed by atoms with Crippen LogP contribution in [0.1, 0.15) is 39.0 Å². The summed E-state index contributed by atoms with van der Waals surface area (Å²) >= 11 is 0. The number of rotatable bonds is 2. The molecule has 3 aliphatic rings. The number of hydrogen-bond donors (Lipinski definition) is 1. The minimum Gasteiger partial charge on any atom is -0.345 e. The van der Waals surface area contributed by atoms with Crippen LogP contribution in [-0.2, 0) is 9.59 Å². The van der Waals surface area contributed by atoms with Crippen LogP contribution < -0.4 is 5.32 Å². The first-order valence-electron chi connectivity index (χ1n) is 7.55. The van der Waals surface area contributed by atoms with Gasteiger partial charge in [-0.25, -0.2) is 0 Å². The average molecular weight is 265 g/mol. The summed E-state index contributed by atoms with van der Waals surface area (Å²) in [6, 6.07) is 0.481. The van der Waals surface area contributed by atoms with E-state index in [9.17, 15) is 9.59 Å². The topological polar surface area (TPSA) is 52.7 Å². The van der Waals surface area contributed by atoms with Gasteiger partial charge in [0.15, 0.2) is 0 Å². The van der Waals surface area contributed by atoms with Gasteiger partial charge in [-0.2, -0.15) is 0 Å². The van der Waals surface area contributed by atoms with Gasteiger partial charge in [0, 0.05) is 18.6 Å². The molecule has 106 valence electrons. The second-order valence-electron chi connectivity index (χ2n) is 5.90. The van der Waals surface area contributed by atoms with Gasteiger partial charge in [0.2, 0.25) is 11.8 Å². The summed E-state index contributed by atoms with van der Waals surface area (Å²) < 4.78 is 0. The summed E-state index contributed by atoms with van der Waals surface area (Å²) in [6.07, 6.45) is 5.44. The van der Waals surface area contributed by atoms with Gasteiger partial charge in [0.25, 0.3) is 0 Å². The molecule has 0 radical (unpaired) electrons. The Labute approximate surface area is 114 Å². The van der Waals surface area contributed by atoms with Crippen LogP contribution in [0.15, 0.2) is 0 Å². The normalized spacial score (nSPS) is 36.3. The Morgan fingerprint density at radius 1 is 1.16 bits per heavy atom. The predicted octanol–water partition coefficient (Wildman–Crippen LogP) is 0.350. The fourth-order valence-electron chi connectivity index (χ4n) is 4.02. The molecule has 3 unspecified atom stereocenters. The lowest BCUT2D eigenvalue weighted by molar-refractivity contribution is -0.149. The van der Waals surface area contributed by atoms with Crippen LogP contribution in [0, 0.1) is 0 Å². The number of nitrogens with zero attached hydrogens (tertiary/aromatic N) is 2. The average Bonchev–Trinajstić information content (AvgIpc) is 2.85. The van der Waals surface area contributed by atoms with Gasteiger partial charge in [-0.1, -0.05) is 13.3 Å². The maximum Gasteiger partial charge on any atom is 0.243 e. The highest BCUT2D eigenvalue weighted by atomic mass is 16.2. The molecule has 0 spiro atoms. The quantitative estimate of drug-likeness (QED) is 0.784. The van der Waals surface area contributed by atoms with Crippen LogP contribution in [0.2, 0.25) is 0 Å². The summed E-state index contributed by atoms with van der Waals surface area (Å²) in [7, 11) is 0. The Balaban J connectivity index is 1.82. The van der Waals surface area contributed by atoms with Crippen LogP contribution in [-0.4, -0.2) is 59.4 Å². The van der Waals surface area contributed by atoms with E-state index in [1.54, 1.807) is 0 Å². The van der Waals surface area contributed by atoms with Crippen molar-refractivity contribution in [3.63, 3.8) is 0 Å². The third-order valence-electron chi connectivity index (χ3n) is 4.90. The number of piperazine rings is 1. The zero-order valence-electron chi connectivity index (χ0n) is 11.6. The molecule has 0 aromatic carbocycles. The summed E-state index contributed by atoms with van der Waals surface area (Å²) in [6.45, 7) is 4.41. The molecule has 0 aromatic rings. The summed E-state index contributed by atoms with van der Waals surface area (Å²) in [5.41, 5.74) is 0. The highest BCUT2D eigenvalue weighted by Gasteiger charge is 2.45. The number of hydrogen-bond acceptors (Lipinski definition) is 3. The van der Waals surface area contributed by atoms with Crippen molar-refractivity contribution in [3.05, 3.63) is 0 Å². The first-order chi connectivity index (χ1) is 9.22. The largest absolute Gasteiger partial charge is 0.345 e. The molecule has 3 saturated heterocycles. The van der Waals surface area contributed by atoms with E-state index in [-0.39, 0.29) is 30.4 Å². The van der Waals surface area contributed by atoms with Gasteiger partial charge in [-0.05, 0) is 32.2 Å². The zero-order chi connectivity index (χ0) is 13.4. The highest BCUT2D eigenvalue weighted by Crippen LogP contribution is 2.32. The number of carbonyl (C=O) groups excluding carboxylic acids is 2. The van der Waals surface area contributed by atoms with Crippen molar-refractivity contribution in [3.8, 4) is 0 Å². The maximum absolute atomic E-state index is 12.3. The number of amides is 2. The second-order valence-corrected chi connectivity index (χ2v) is 5.90. The van der Waals surface area contributed by atoms with E-state index in [0.717, 1.165) is 19.5 Å². The van der Waals surface area contributed by atoms with Crippen molar-refractivity contribution in [2.75, 3.05) is 19.6 Å². The molecule has 3 atom stereocenters. The lowest BCUT2D eigenvalue weighted by Gasteiger charge is -2.43. The molecule has 1 N–H and O–H groups in total. The molecule has 5 heteroatoms. The molecule has 19 heavy (non-hydrogen) atoms. The summed E-state index contributed by atoms with van der Waals surface area (Å²) in [5, 5.41) is 2.71. The number of fused-ring (bicyclic) bond motifs is 1. The second kappa shape index (κ2) is 5.12. The molecule has 3 rings (SSSR count). The third kappa shape index (κ3) is 2.14. The summed E-state index contributed by atoms with van der Waals surface area (Å²) in [4.78, 5) is 28.7. The smallest absolute Gasteiger partial charge is 0.243 e. The minimum atomic E-state index is -0.256. The van der Waals surface area contributed by atoms with Crippen molar-refractivity contribution >= 4 is 11.8 Å². The van der Waals surface area contributed by atoms with Crippen LogP contribution in [0.5, 0.6) is 0 Å². The third-order valence-corrected chi connectivity index (χ3v) is 4.90. The molecule has 3 aliphatic heterocycles. The molecular weight excluding hydrogens is 242 g/mol. The Morgan fingerprint density at radius 2 is 2.00 bits per heavy atom. The van der Waals surface area contributed by atoms with E-state index in [1.807, 2.05) is 11.8 Å². The standard InChI is InChI=1S/C14H23N3O2/c1-2-10-14(19)15-9-13(18)17(10)12-6-8-16-7-4-3-5-11(12)16/h10-12H,2-9H2,1H3,(H,15,19). The maximum atomic E-state index is 12.3. The van der Waals surface area contributed by atoms with E-state index < -0.39 is 0 Å². The Bertz CT molecular complexity index is 385. The lowest BCUT2D eigenvalue weighted by atomic mass is 9.95. The SMILES string of the molecule is CCC1C(=O)NCC(=O)N1C1CCN2CCCCC12. The fraction of sp³-hybridized carbons (Fsp3) is 0.857. The first kappa shape index (κ1) is 12.9. The van der Waals surface area contributed by atoms with Gasteiger partial charge in [-0.3, -0.25) is 14.5 Å². The molecule has 0 aliphatic carbocycles. The molecular formula is C14H23N3O2. The first-order valence-corrected chi connectivity index (χ1v) is 7.55. The van der Waals surface area contributed by atoms with Gasteiger partial charge in [-0.15, -0.1) is 0 Å². The van der Waals surface area contributed by atoms with Gasteiger partial charge in [0.1, 0.15) is 6.04 Å². The predicted molar refractivity (Wildman–Crippen MR) is 71.6 cm³/mol. The van der Waals surface area contributed by atoms with E-state index in [4.69, 9.17) is 0 Å². The van der Waals surface area contributed by atoms with E-state index in [2.05, 4.69) is 10.2 Å². The number of carbonyl (C=O) groups is 2. The van der Waals surface area contributed by atoms with Crippen molar-refractivity contribution < 1.29 is 9.59 Å². The van der Waals surface area contributed by atoms with Crippen molar-refractivity contribution in [1.29, 1.82) is 0 Å². The van der Waals surface area contributed by atoms with E-state index in [1.165, 1.54) is 19.3 Å². The van der Waals surface area contributed by atoms with Gasteiger partial charge >= 0.3 is 0 Å². The van der Waals surface area contributed by atoms with Crippen molar-refractivity contribution in [2.24, 2.45) is 0 Å². The molecule has 0 aromatic heterocycles. The van der Waals surface area contributed by atoms with Crippen LogP contribution in [0.4, 0.5) is 0 Å². The van der Waals surface area contributed by atoms with Crippen LogP contribution in [0.3, 0.4) is 0 Å².